The summed E-state index contributed by atoms with van der Waals surface area (Å²) in [5.74, 6) is -3.29. The summed E-state index contributed by atoms with van der Waals surface area (Å²) in [6.45, 7) is 11.3. The molecule has 2 saturated carbocycles. The van der Waals surface area contributed by atoms with Gasteiger partial charge >= 0.3 is 5.97 Å². The topological polar surface area (TPSA) is 174 Å². The van der Waals surface area contributed by atoms with Crippen LogP contribution in [0.4, 0.5) is 0 Å². The van der Waals surface area contributed by atoms with Gasteiger partial charge in [-0.05, 0) is 55.3 Å². The van der Waals surface area contributed by atoms with Gasteiger partial charge in [0.05, 0.1) is 35.9 Å². The van der Waals surface area contributed by atoms with E-state index < -0.39 is 85.1 Å². The minimum atomic E-state index is -2.51. The molecule has 3 aliphatic carbocycles. The number of Topliss-reactive ketones (excluding diaryl/α,β-unsaturated/α-hetero) is 1. The second kappa shape index (κ2) is 15.7. The average Bonchev–Trinajstić information content (AvgIpc) is 3.00. The van der Waals surface area contributed by atoms with E-state index >= 15 is 0 Å². The third kappa shape index (κ3) is 6.68. The maximum absolute atomic E-state index is 14.8. The molecule has 1 aromatic carbocycles. The van der Waals surface area contributed by atoms with Crippen molar-refractivity contribution in [3.8, 4) is 0 Å². The molecule has 0 aliphatic heterocycles. The first-order valence-electron chi connectivity index (χ1n) is 15.7. The van der Waals surface area contributed by atoms with Crippen LogP contribution in [0, 0.1) is 105 Å². The van der Waals surface area contributed by atoms with E-state index in [9.17, 15) is 40.2 Å². The Morgan fingerprint density at radius 2 is 1.52 bits per heavy atom. The number of hydrogen-bond donors (Lipinski definition) is 6. The predicted octanol–water partition coefficient (Wildman–Crippen LogP) is 2.49. The van der Waals surface area contributed by atoms with Gasteiger partial charge in [0, 0.05) is 112 Å². The van der Waals surface area contributed by atoms with Gasteiger partial charge in [-0.2, -0.15) is 0 Å². The number of fused-ring (bicyclic) bond motifs is 3. The summed E-state index contributed by atoms with van der Waals surface area (Å²) in [6, 6.07) is 10.1. The van der Waals surface area contributed by atoms with Crippen molar-refractivity contribution in [3.05, 3.63) is 47.0 Å². The van der Waals surface area contributed by atoms with E-state index in [1.807, 2.05) is 20.8 Å². The van der Waals surface area contributed by atoms with Crippen molar-refractivity contribution in [2.24, 2.45) is 16.7 Å². The van der Waals surface area contributed by atoms with Crippen LogP contribution < -0.4 is 0 Å². The Morgan fingerprint density at radius 1 is 0.978 bits per heavy atom. The van der Waals surface area contributed by atoms with Crippen LogP contribution in [0.5, 0.6) is 0 Å². The number of hydrogen-bond acceptors (Lipinski definition) is 10. The summed E-state index contributed by atoms with van der Waals surface area (Å²) in [7, 11) is -2.51. The zero-order valence-electron chi connectivity index (χ0n) is 28.1. The molecule has 1 aromatic rings. The van der Waals surface area contributed by atoms with Crippen LogP contribution in [0.3, 0.4) is 0 Å². The quantitative estimate of drug-likeness (QED) is 0.129. The number of carbonyl (C=O) groups is 2. The molecule has 0 heterocycles. The largest absolute Gasteiger partial charge is 0.455 e. The fourth-order valence-corrected chi connectivity index (χ4v) is 11.3. The van der Waals surface area contributed by atoms with Gasteiger partial charge in [0.15, 0.2) is 14.1 Å². The summed E-state index contributed by atoms with van der Waals surface area (Å²) in [5, 5.41) is 70.4. The maximum Gasteiger partial charge on any atom is 0.338 e. The van der Waals surface area contributed by atoms with Crippen LogP contribution in [0.15, 0.2) is 41.5 Å². The first-order chi connectivity index (χ1) is 20.5. The Bertz CT molecular complexity index is 1280. The van der Waals surface area contributed by atoms with E-state index in [-0.39, 0.29) is 112 Å². The molecule has 0 amide bonds. The number of benzene rings is 1. The summed E-state index contributed by atoms with van der Waals surface area (Å²) in [6.07, 6.45) is -8.20. The van der Waals surface area contributed by atoms with Crippen molar-refractivity contribution in [1.29, 1.82) is 0 Å². The van der Waals surface area contributed by atoms with Crippen molar-refractivity contribution in [3.63, 3.8) is 0 Å². The molecule has 2 unspecified atom stereocenters. The molecule has 0 spiro atoms. The molecule has 6 N–H and O–H groups in total. The summed E-state index contributed by atoms with van der Waals surface area (Å²) in [5.41, 5.74) is -7.43. The standard InChI is InChI=1S/C33H50O10Si.2Ac/c1-8-44(9-2,10-3)43-23-16-22(36)32(40,18-34)26-28(42-29(39)20-14-12-11-13-15-20)33(41)17-21(35)19(4)24(30(33,5)6)25(37)27(38)31(23,26)7;;/h11-15,21-23,25-26,28,34-37,40-41H,8-10,16-18H2,1-7H3;;/t21-,22-,23?,25+,26?,28-,31+,32-,33+;;/m0../s1. The van der Waals surface area contributed by atoms with Crippen molar-refractivity contribution < 1.29 is 138 Å². The van der Waals surface area contributed by atoms with Gasteiger partial charge < -0.3 is 39.8 Å². The molecular weight excluding hydrogens is 1040 g/mol. The van der Waals surface area contributed by atoms with E-state index in [1.54, 1.807) is 39.0 Å². The first-order valence-corrected chi connectivity index (χ1v) is 18.3. The zero-order chi connectivity index (χ0) is 33.0. The fourth-order valence-electron chi connectivity index (χ4n) is 8.41. The first kappa shape index (κ1) is 43.1. The zero-order valence-corrected chi connectivity index (χ0v) is 38.6. The van der Waals surface area contributed by atoms with Gasteiger partial charge in [-0.3, -0.25) is 4.79 Å². The molecular formula is C33H50Ac2O10Si. The van der Waals surface area contributed by atoms with Gasteiger partial charge in [0.2, 0.25) is 0 Å². The van der Waals surface area contributed by atoms with Gasteiger partial charge in [-0.25, -0.2) is 4.79 Å². The Labute approximate surface area is 345 Å². The minimum absolute atomic E-state index is 0. The molecule has 3 aliphatic rings. The Balaban J connectivity index is 0.00000368. The van der Waals surface area contributed by atoms with E-state index in [0.29, 0.717) is 23.7 Å². The number of rotatable bonds is 8. The van der Waals surface area contributed by atoms with Crippen LogP contribution in [-0.4, -0.2) is 99.0 Å². The van der Waals surface area contributed by atoms with Crippen molar-refractivity contribution in [2.45, 2.75) is 121 Å². The monoisotopic (exact) mass is 1090 g/mol. The van der Waals surface area contributed by atoms with Crippen LogP contribution in [0.25, 0.3) is 0 Å². The van der Waals surface area contributed by atoms with Crippen LogP contribution in [0.2, 0.25) is 18.1 Å². The van der Waals surface area contributed by atoms with Gasteiger partial charge in [0.25, 0.3) is 0 Å². The van der Waals surface area contributed by atoms with E-state index in [2.05, 4.69) is 0 Å². The molecule has 252 valence electrons. The maximum atomic E-state index is 14.8. The Hall–Kier alpha value is 0.920. The summed E-state index contributed by atoms with van der Waals surface area (Å²) >= 11 is 0. The van der Waals surface area contributed by atoms with E-state index in [4.69, 9.17) is 9.16 Å². The van der Waals surface area contributed by atoms with E-state index in [0.717, 1.165) is 0 Å². The Kier molecular flexibility index (Phi) is 14.7. The molecule has 0 saturated heterocycles. The van der Waals surface area contributed by atoms with Gasteiger partial charge in [-0.1, -0.05) is 52.8 Å². The Morgan fingerprint density at radius 3 is 2.02 bits per heavy atom. The number of carbonyl (C=O) groups excluding carboxylic acids is 2. The molecule has 0 aromatic heterocycles. The normalized spacial score (nSPS) is 37.2. The van der Waals surface area contributed by atoms with Crippen molar-refractivity contribution >= 4 is 20.1 Å². The molecule has 4 rings (SSSR count). The average molecular weight is 1090 g/mol. The van der Waals surface area contributed by atoms with Crippen molar-refractivity contribution in [2.75, 3.05) is 6.61 Å². The second-order valence-corrected chi connectivity index (χ2v) is 18.6. The third-order valence-corrected chi connectivity index (χ3v) is 16.4. The summed E-state index contributed by atoms with van der Waals surface area (Å²) in [4.78, 5) is 28.6. The minimum Gasteiger partial charge on any atom is -0.455 e. The molecule has 2 fully saturated rings. The van der Waals surface area contributed by atoms with Crippen LogP contribution in [-0.2, 0) is 14.0 Å². The number of esters is 1. The third-order valence-electron chi connectivity index (χ3n) is 11.7. The molecule has 2 bridgehead atoms. The number of ketones is 1. The van der Waals surface area contributed by atoms with Crippen LogP contribution >= 0.6 is 0 Å². The predicted molar refractivity (Wildman–Crippen MR) is 165 cm³/mol. The van der Waals surface area contributed by atoms with E-state index in [1.165, 1.54) is 19.1 Å². The second-order valence-electron chi connectivity index (χ2n) is 13.8. The smallest absolute Gasteiger partial charge is 0.338 e. The number of ether oxygens (including phenoxy) is 1. The summed E-state index contributed by atoms with van der Waals surface area (Å²) < 4.78 is 13.0. The molecule has 46 heavy (non-hydrogen) atoms. The fraction of sp³-hybridized carbons (Fsp3) is 0.697. The molecule has 2 radical (unpaired) electrons. The van der Waals surface area contributed by atoms with Crippen LogP contribution in [0.1, 0.15) is 71.7 Å². The van der Waals surface area contributed by atoms with Gasteiger partial charge in [-0.15, -0.1) is 0 Å². The van der Waals surface area contributed by atoms with Gasteiger partial charge in [0.1, 0.15) is 23.4 Å². The number of aliphatic hydroxyl groups is 6. The molecule has 13 heteroatoms. The number of aliphatic hydroxyl groups excluding tert-OH is 4. The SMILES string of the molecule is CC[Si](CC)(CC)OC1C[C@H](O)[C@@](O)(CO)C2[C@H](OC(=O)c3ccccc3)[C@]3(O)C[C@H](O)C(C)=C([C@@H](O)C(=O)[C@]12C)C3(C)C.[Ac].[Ac]. The molecule has 9 atom stereocenters. The van der Waals surface area contributed by atoms with Crippen molar-refractivity contribution in [1.82, 2.24) is 0 Å². The molecule has 10 nitrogen and oxygen atoms in total.